The molecule has 0 spiro atoms. The van der Waals surface area contributed by atoms with E-state index in [1.54, 1.807) is 38.1 Å². The van der Waals surface area contributed by atoms with Gasteiger partial charge >= 0.3 is 0 Å². The van der Waals surface area contributed by atoms with Crippen LogP contribution in [-0.4, -0.2) is 17.4 Å². The topological polar surface area (TPSA) is 34.1 Å². The van der Waals surface area contributed by atoms with Gasteiger partial charge in [-0.05, 0) is 26.7 Å². The first-order chi connectivity index (χ1) is 8.50. The number of Topliss-reactive ketones (excluding diaryl/α,β-unsaturated/α-hetero) is 2. The third-order valence-electron chi connectivity index (χ3n) is 3.09. The third kappa shape index (κ3) is 3.67. The summed E-state index contributed by atoms with van der Waals surface area (Å²) in [7, 11) is 0. The van der Waals surface area contributed by atoms with Gasteiger partial charge in [-0.2, -0.15) is 0 Å². The number of unbranched alkanes of at least 4 members (excludes halogenated alkanes) is 1. The lowest BCUT2D eigenvalue weighted by Gasteiger charge is -2.21. The minimum atomic E-state index is -0.951. The van der Waals surface area contributed by atoms with E-state index in [4.69, 9.17) is 11.6 Å². The zero-order valence-corrected chi connectivity index (χ0v) is 11.7. The van der Waals surface area contributed by atoms with Gasteiger partial charge in [0.15, 0.2) is 5.78 Å². The van der Waals surface area contributed by atoms with Crippen LogP contribution in [0.3, 0.4) is 0 Å². The Bertz CT molecular complexity index is 410. The largest absolute Gasteiger partial charge is 0.299 e. The van der Waals surface area contributed by atoms with Crippen LogP contribution >= 0.6 is 11.6 Å². The highest BCUT2D eigenvalue weighted by atomic mass is 35.5. The van der Waals surface area contributed by atoms with Crippen molar-refractivity contribution in [3.63, 3.8) is 0 Å². The minimum Gasteiger partial charge on any atom is -0.299 e. The van der Waals surface area contributed by atoms with Gasteiger partial charge in [0, 0.05) is 17.9 Å². The van der Waals surface area contributed by atoms with E-state index in [2.05, 4.69) is 0 Å². The Kier molecular flexibility index (Phi) is 5.54. The Morgan fingerprint density at radius 2 is 1.72 bits per heavy atom. The second-order valence-electron chi connectivity index (χ2n) is 4.89. The monoisotopic (exact) mass is 266 g/mol. The van der Waals surface area contributed by atoms with Crippen LogP contribution in [0.2, 0.25) is 0 Å². The molecule has 0 bridgehead atoms. The van der Waals surface area contributed by atoms with Gasteiger partial charge in [0.1, 0.15) is 5.78 Å². The standard InChI is InChI=1S/C15H19ClO2/c1-15(2,13(17)10-6-7-11-16)14(18)12-8-4-3-5-9-12/h3-5,8-9H,6-7,10-11H2,1-2H3. The van der Waals surface area contributed by atoms with Gasteiger partial charge in [-0.25, -0.2) is 0 Å². The summed E-state index contributed by atoms with van der Waals surface area (Å²) in [5.74, 6) is 0.431. The van der Waals surface area contributed by atoms with Crippen molar-refractivity contribution in [2.75, 3.05) is 5.88 Å². The summed E-state index contributed by atoms with van der Waals surface area (Å²) in [6.07, 6.45) is 1.97. The lowest BCUT2D eigenvalue weighted by atomic mass is 9.79. The van der Waals surface area contributed by atoms with Crippen molar-refractivity contribution in [2.24, 2.45) is 5.41 Å². The molecule has 0 unspecified atom stereocenters. The molecule has 0 aromatic heterocycles. The van der Waals surface area contributed by atoms with Crippen LogP contribution < -0.4 is 0 Å². The van der Waals surface area contributed by atoms with Crippen molar-refractivity contribution >= 4 is 23.2 Å². The Balaban J connectivity index is 2.73. The number of hydrogen-bond acceptors (Lipinski definition) is 2. The molecule has 3 heteroatoms. The van der Waals surface area contributed by atoms with Gasteiger partial charge in [-0.15, -0.1) is 11.6 Å². The van der Waals surface area contributed by atoms with Crippen molar-refractivity contribution < 1.29 is 9.59 Å². The van der Waals surface area contributed by atoms with Crippen LogP contribution in [-0.2, 0) is 4.79 Å². The number of carbonyl (C=O) groups is 2. The van der Waals surface area contributed by atoms with Gasteiger partial charge in [0.25, 0.3) is 0 Å². The summed E-state index contributed by atoms with van der Waals surface area (Å²) >= 11 is 5.58. The maximum Gasteiger partial charge on any atom is 0.175 e. The maximum absolute atomic E-state index is 12.3. The van der Waals surface area contributed by atoms with Crippen molar-refractivity contribution in [3.8, 4) is 0 Å². The highest BCUT2D eigenvalue weighted by Gasteiger charge is 2.35. The fourth-order valence-corrected chi connectivity index (χ4v) is 1.96. The number of carbonyl (C=O) groups excluding carboxylic acids is 2. The van der Waals surface area contributed by atoms with E-state index in [0.717, 1.165) is 12.8 Å². The molecule has 0 atom stereocenters. The summed E-state index contributed by atoms with van der Waals surface area (Å²) in [6.45, 7) is 3.40. The molecule has 98 valence electrons. The summed E-state index contributed by atoms with van der Waals surface area (Å²) in [6, 6.07) is 8.96. The molecule has 1 aromatic carbocycles. The molecular formula is C15H19ClO2. The zero-order valence-electron chi connectivity index (χ0n) is 10.9. The predicted octanol–water partition coefficient (Wildman–Crippen LogP) is 3.87. The van der Waals surface area contributed by atoms with Crippen LogP contribution in [0, 0.1) is 5.41 Å². The number of rotatable bonds is 7. The average molecular weight is 267 g/mol. The number of hydrogen-bond donors (Lipinski definition) is 0. The van der Waals surface area contributed by atoms with E-state index in [1.807, 2.05) is 6.07 Å². The molecule has 0 amide bonds. The van der Waals surface area contributed by atoms with E-state index >= 15 is 0 Å². The fourth-order valence-electron chi connectivity index (χ4n) is 1.77. The number of halogens is 1. The van der Waals surface area contributed by atoms with Crippen LogP contribution in [0.4, 0.5) is 0 Å². The molecule has 0 saturated carbocycles. The first-order valence-electron chi connectivity index (χ1n) is 6.19. The number of ketones is 2. The molecule has 0 fully saturated rings. The molecule has 1 rings (SSSR count). The zero-order chi connectivity index (χ0) is 13.6. The Labute approximate surface area is 113 Å². The maximum atomic E-state index is 12.3. The van der Waals surface area contributed by atoms with E-state index in [0.29, 0.717) is 17.9 Å². The summed E-state index contributed by atoms with van der Waals surface area (Å²) in [5, 5.41) is 0. The van der Waals surface area contributed by atoms with Gasteiger partial charge < -0.3 is 0 Å². The summed E-state index contributed by atoms with van der Waals surface area (Å²) < 4.78 is 0. The van der Waals surface area contributed by atoms with Crippen LogP contribution in [0.25, 0.3) is 0 Å². The van der Waals surface area contributed by atoms with E-state index in [9.17, 15) is 9.59 Å². The molecule has 18 heavy (non-hydrogen) atoms. The van der Waals surface area contributed by atoms with Gasteiger partial charge in [-0.3, -0.25) is 9.59 Å². The highest BCUT2D eigenvalue weighted by molar-refractivity contribution is 6.17. The molecule has 0 aliphatic rings. The van der Waals surface area contributed by atoms with E-state index in [1.165, 1.54) is 0 Å². The molecule has 0 N–H and O–H groups in total. The van der Waals surface area contributed by atoms with Crippen LogP contribution in [0.5, 0.6) is 0 Å². The van der Waals surface area contributed by atoms with Gasteiger partial charge in [0.05, 0.1) is 5.41 Å². The normalized spacial score (nSPS) is 11.3. The van der Waals surface area contributed by atoms with Crippen LogP contribution in [0.1, 0.15) is 43.5 Å². The molecule has 0 radical (unpaired) electrons. The second-order valence-corrected chi connectivity index (χ2v) is 5.27. The first kappa shape index (κ1) is 14.9. The molecular weight excluding hydrogens is 248 g/mol. The molecule has 0 saturated heterocycles. The minimum absolute atomic E-state index is 0.0125. The fraction of sp³-hybridized carbons (Fsp3) is 0.467. The first-order valence-corrected chi connectivity index (χ1v) is 6.72. The highest BCUT2D eigenvalue weighted by Crippen LogP contribution is 2.25. The van der Waals surface area contributed by atoms with Crippen molar-refractivity contribution in [3.05, 3.63) is 35.9 Å². The second kappa shape index (κ2) is 6.69. The predicted molar refractivity (Wildman–Crippen MR) is 74.1 cm³/mol. The molecule has 2 nitrogen and oxygen atoms in total. The van der Waals surface area contributed by atoms with Crippen molar-refractivity contribution in [2.45, 2.75) is 33.1 Å². The Morgan fingerprint density at radius 3 is 2.28 bits per heavy atom. The molecule has 1 aromatic rings. The molecule has 0 aliphatic carbocycles. The summed E-state index contributed by atoms with van der Waals surface area (Å²) in [5.41, 5.74) is -0.360. The molecule has 0 heterocycles. The Hall–Kier alpha value is -1.15. The lowest BCUT2D eigenvalue weighted by molar-refractivity contribution is -0.125. The van der Waals surface area contributed by atoms with Gasteiger partial charge in [-0.1, -0.05) is 30.3 Å². The van der Waals surface area contributed by atoms with Crippen LogP contribution in [0.15, 0.2) is 30.3 Å². The third-order valence-corrected chi connectivity index (χ3v) is 3.36. The Morgan fingerprint density at radius 1 is 1.11 bits per heavy atom. The quantitative estimate of drug-likeness (QED) is 0.325. The average Bonchev–Trinajstić information content (AvgIpc) is 2.39. The van der Waals surface area contributed by atoms with Crippen molar-refractivity contribution in [1.82, 2.24) is 0 Å². The van der Waals surface area contributed by atoms with E-state index in [-0.39, 0.29) is 11.6 Å². The van der Waals surface area contributed by atoms with Crippen molar-refractivity contribution in [1.29, 1.82) is 0 Å². The number of alkyl halides is 1. The van der Waals surface area contributed by atoms with E-state index < -0.39 is 5.41 Å². The SMILES string of the molecule is CC(C)(C(=O)CCCCCl)C(=O)c1ccccc1. The summed E-state index contributed by atoms with van der Waals surface area (Å²) in [4.78, 5) is 24.4. The lowest BCUT2D eigenvalue weighted by Crippen LogP contribution is -2.33. The van der Waals surface area contributed by atoms with Gasteiger partial charge in [0.2, 0.25) is 0 Å². The smallest absolute Gasteiger partial charge is 0.175 e. The number of benzene rings is 1. The molecule has 0 aliphatic heterocycles.